The standard InChI is InChI=1S/C64H117NO10/c1-4-7-10-13-16-19-22-25-27-28-29-31-33-36-39-42-45-48-51-57(68)63(72)65-55(56(67)50-47-44-41-38-35-32-24-21-18-15-12-9-6-3)54-73-64-62(61(71)60(70)58(53-66)74-64)75-59(69)52-49-46-43-40-37-34-30-26-23-20-17-14-11-8-5-2/h17,20,23,25-27,47,50,55-58,60-62,64,66-68,70-71H,4-16,18-19,21-22,24,28-46,48-49,51-54H2,1-3H3,(H,65,72)/b20-17+,26-23+,27-25+,50-47+. The molecule has 1 fully saturated rings. The second-order valence-corrected chi connectivity index (χ2v) is 21.8. The lowest BCUT2D eigenvalue weighted by Gasteiger charge is -2.41. The molecule has 1 rings (SSSR count). The molecule has 1 heterocycles. The van der Waals surface area contributed by atoms with Crippen molar-refractivity contribution in [2.24, 2.45) is 0 Å². The van der Waals surface area contributed by atoms with Crippen LogP contribution in [0.4, 0.5) is 0 Å². The van der Waals surface area contributed by atoms with Gasteiger partial charge in [0, 0.05) is 6.42 Å². The van der Waals surface area contributed by atoms with Gasteiger partial charge in [-0.15, -0.1) is 0 Å². The second-order valence-electron chi connectivity index (χ2n) is 21.8. The van der Waals surface area contributed by atoms with Crippen molar-refractivity contribution in [3.05, 3.63) is 48.6 Å². The fourth-order valence-corrected chi connectivity index (χ4v) is 9.70. The van der Waals surface area contributed by atoms with Crippen LogP contribution in [0.25, 0.3) is 0 Å². The monoisotopic (exact) mass is 1060 g/mol. The van der Waals surface area contributed by atoms with Crippen molar-refractivity contribution in [3.8, 4) is 0 Å². The number of hydrogen-bond acceptors (Lipinski definition) is 10. The lowest BCUT2D eigenvalue weighted by Crippen LogP contribution is -2.61. The van der Waals surface area contributed by atoms with E-state index in [1.54, 1.807) is 6.08 Å². The molecule has 1 aliphatic rings. The summed E-state index contributed by atoms with van der Waals surface area (Å²) in [4.78, 5) is 26.5. The maximum Gasteiger partial charge on any atom is 0.306 e. The van der Waals surface area contributed by atoms with Crippen molar-refractivity contribution in [2.45, 2.75) is 333 Å². The van der Waals surface area contributed by atoms with Gasteiger partial charge in [0.05, 0.1) is 25.4 Å². The van der Waals surface area contributed by atoms with Crippen molar-refractivity contribution in [1.29, 1.82) is 0 Å². The fourth-order valence-electron chi connectivity index (χ4n) is 9.70. The zero-order chi connectivity index (χ0) is 54.7. The molecule has 0 aromatic carbocycles. The van der Waals surface area contributed by atoms with E-state index in [0.29, 0.717) is 12.8 Å². The van der Waals surface area contributed by atoms with Crippen LogP contribution in [0.5, 0.6) is 0 Å². The number of carbonyl (C=O) groups is 2. The van der Waals surface area contributed by atoms with Gasteiger partial charge in [0.1, 0.15) is 24.4 Å². The van der Waals surface area contributed by atoms with Crippen LogP contribution >= 0.6 is 0 Å². The largest absolute Gasteiger partial charge is 0.454 e. The number of aliphatic hydroxyl groups excluding tert-OH is 5. The van der Waals surface area contributed by atoms with Crippen molar-refractivity contribution in [2.75, 3.05) is 13.2 Å². The van der Waals surface area contributed by atoms with Crippen LogP contribution in [-0.4, -0.2) is 99.6 Å². The lowest BCUT2D eigenvalue weighted by atomic mass is 9.99. The average molecular weight is 1060 g/mol. The number of carbonyl (C=O) groups excluding carboxylic acids is 2. The molecular weight excluding hydrogens is 943 g/mol. The molecule has 11 nitrogen and oxygen atoms in total. The number of aliphatic hydroxyl groups is 5. The Hall–Kier alpha value is -2.38. The van der Waals surface area contributed by atoms with Crippen LogP contribution in [0.15, 0.2) is 48.6 Å². The van der Waals surface area contributed by atoms with E-state index in [1.807, 2.05) is 6.08 Å². The highest BCUT2D eigenvalue weighted by molar-refractivity contribution is 5.80. The Labute approximate surface area is 459 Å². The predicted octanol–water partition coefficient (Wildman–Crippen LogP) is 14.8. The zero-order valence-electron chi connectivity index (χ0n) is 48.4. The molecule has 0 radical (unpaired) electrons. The SMILES string of the molecule is CCCCC/C=C/C=C/CCCCCCCCC(=O)OC1C(OCC(NC(=O)C(O)CCCCCCCCCC/C=C/CCCCCCCC)C(O)/C=C/CCCCCCCCCCCCC)OC(CO)C(O)C1O. The van der Waals surface area contributed by atoms with Crippen LogP contribution < -0.4 is 5.32 Å². The van der Waals surface area contributed by atoms with Crippen molar-refractivity contribution in [3.63, 3.8) is 0 Å². The number of esters is 1. The molecule has 1 saturated heterocycles. The Bertz CT molecular complexity index is 1400. The van der Waals surface area contributed by atoms with Gasteiger partial charge >= 0.3 is 5.97 Å². The number of rotatable bonds is 53. The third-order valence-corrected chi connectivity index (χ3v) is 14.7. The van der Waals surface area contributed by atoms with E-state index in [0.717, 1.165) is 89.9 Å². The summed E-state index contributed by atoms with van der Waals surface area (Å²) in [5.74, 6) is -1.20. The predicted molar refractivity (Wildman–Crippen MR) is 310 cm³/mol. The Morgan fingerprint density at radius 1 is 0.520 bits per heavy atom. The second kappa shape index (κ2) is 52.3. The van der Waals surface area contributed by atoms with Gasteiger partial charge in [0.25, 0.3) is 0 Å². The Balaban J connectivity index is 2.70. The van der Waals surface area contributed by atoms with Gasteiger partial charge in [0.15, 0.2) is 12.4 Å². The molecule has 11 heteroatoms. The van der Waals surface area contributed by atoms with E-state index >= 15 is 0 Å². The van der Waals surface area contributed by atoms with Crippen LogP contribution in [0.3, 0.4) is 0 Å². The molecule has 1 amide bonds. The molecule has 0 spiro atoms. The Kier molecular flexibility index (Phi) is 49.3. The zero-order valence-corrected chi connectivity index (χ0v) is 48.4. The molecule has 0 aromatic heterocycles. The normalized spacial score (nSPS) is 19.5. The van der Waals surface area contributed by atoms with Crippen LogP contribution in [0.1, 0.15) is 284 Å². The van der Waals surface area contributed by atoms with Gasteiger partial charge in [-0.2, -0.15) is 0 Å². The van der Waals surface area contributed by atoms with Gasteiger partial charge in [-0.1, -0.05) is 249 Å². The molecule has 1 aliphatic heterocycles. The minimum Gasteiger partial charge on any atom is -0.454 e. The summed E-state index contributed by atoms with van der Waals surface area (Å²) < 4.78 is 17.6. The highest BCUT2D eigenvalue weighted by Crippen LogP contribution is 2.26. The fraction of sp³-hybridized carbons (Fsp3) is 0.844. The molecule has 75 heavy (non-hydrogen) atoms. The highest BCUT2D eigenvalue weighted by Gasteiger charge is 2.47. The summed E-state index contributed by atoms with van der Waals surface area (Å²) >= 11 is 0. The summed E-state index contributed by atoms with van der Waals surface area (Å²) in [6.07, 6.45) is 52.8. The first-order valence-corrected chi connectivity index (χ1v) is 31.4. The molecule has 438 valence electrons. The van der Waals surface area contributed by atoms with E-state index in [-0.39, 0.29) is 19.4 Å². The number of hydrogen-bond donors (Lipinski definition) is 6. The minimum atomic E-state index is -1.62. The number of ether oxygens (including phenoxy) is 3. The van der Waals surface area contributed by atoms with E-state index in [9.17, 15) is 35.1 Å². The summed E-state index contributed by atoms with van der Waals surface area (Å²) in [5.41, 5.74) is 0. The molecular formula is C64H117NO10. The summed E-state index contributed by atoms with van der Waals surface area (Å²) in [5, 5.41) is 57.0. The molecule has 8 unspecified atom stereocenters. The molecule has 8 atom stereocenters. The summed E-state index contributed by atoms with van der Waals surface area (Å²) in [7, 11) is 0. The van der Waals surface area contributed by atoms with Crippen LogP contribution in [-0.2, 0) is 23.8 Å². The maximum atomic E-state index is 13.4. The molecule has 6 N–H and O–H groups in total. The number of nitrogens with one attached hydrogen (secondary N) is 1. The Morgan fingerprint density at radius 2 is 0.920 bits per heavy atom. The number of amides is 1. The number of unbranched alkanes of at least 4 members (excludes halogenated alkanes) is 34. The molecule has 0 saturated carbocycles. The summed E-state index contributed by atoms with van der Waals surface area (Å²) in [6, 6.07) is -1.03. The molecule has 0 aromatic rings. The van der Waals surface area contributed by atoms with Gasteiger partial charge in [-0.25, -0.2) is 0 Å². The molecule has 0 bridgehead atoms. The summed E-state index contributed by atoms with van der Waals surface area (Å²) in [6.45, 7) is 5.76. The van der Waals surface area contributed by atoms with Gasteiger partial charge in [0.2, 0.25) is 5.91 Å². The van der Waals surface area contributed by atoms with Crippen LogP contribution in [0, 0.1) is 0 Å². The Morgan fingerprint density at radius 3 is 1.40 bits per heavy atom. The van der Waals surface area contributed by atoms with Crippen molar-refractivity contribution in [1.82, 2.24) is 5.32 Å². The van der Waals surface area contributed by atoms with E-state index in [4.69, 9.17) is 14.2 Å². The highest BCUT2D eigenvalue weighted by atomic mass is 16.7. The number of allylic oxidation sites excluding steroid dienone is 7. The first-order chi connectivity index (χ1) is 36.7. The minimum absolute atomic E-state index is 0.111. The van der Waals surface area contributed by atoms with Crippen molar-refractivity contribution >= 4 is 11.9 Å². The van der Waals surface area contributed by atoms with E-state index in [2.05, 4.69) is 62.5 Å². The smallest absolute Gasteiger partial charge is 0.306 e. The van der Waals surface area contributed by atoms with Gasteiger partial charge < -0.3 is 45.1 Å². The van der Waals surface area contributed by atoms with Crippen LogP contribution in [0.2, 0.25) is 0 Å². The lowest BCUT2D eigenvalue weighted by molar-refractivity contribution is -0.305. The quantitative estimate of drug-likeness (QED) is 0.0149. The topological polar surface area (TPSA) is 175 Å². The third-order valence-electron chi connectivity index (χ3n) is 14.7. The van der Waals surface area contributed by atoms with Gasteiger partial charge in [-0.3, -0.25) is 9.59 Å². The first kappa shape index (κ1) is 70.6. The van der Waals surface area contributed by atoms with E-state index in [1.165, 1.54) is 148 Å². The average Bonchev–Trinajstić information content (AvgIpc) is 3.41. The van der Waals surface area contributed by atoms with Crippen molar-refractivity contribution < 1.29 is 49.3 Å². The van der Waals surface area contributed by atoms with E-state index < -0.39 is 67.4 Å². The van der Waals surface area contributed by atoms with Gasteiger partial charge in [-0.05, 0) is 77.0 Å². The third kappa shape index (κ3) is 40.5. The first-order valence-electron chi connectivity index (χ1n) is 31.4. The molecule has 0 aliphatic carbocycles. The maximum absolute atomic E-state index is 13.4.